The van der Waals surface area contributed by atoms with Gasteiger partial charge in [0.1, 0.15) is 5.75 Å². The van der Waals surface area contributed by atoms with Crippen molar-refractivity contribution in [3.8, 4) is 5.75 Å². The highest BCUT2D eigenvalue weighted by atomic mass is 16.3. The molecule has 0 amide bonds. The number of hydrogen-bond donors (Lipinski definition) is 2. The number of hydrogen-bond acceptors (Lipinski definition) is 3. The largest absolute Gasteiger partial charge is 0.508 e. The van der Waals surface area contributed by atoms with E-state index in [2.05, 4.69) is 11.8 Å². The summed E-state index contributed by atoms with van der Waals surface area (Å²) < 4.78 is 0. The molecule has 1 aliphatic heterocycles. The molecule has 2 rings (SSSR count). The van der Waals surface area contributed by atoms with Crippen molar-refractivity contribution in [3.63, 3.8) is 0 Å². The fourth-order valence-corrected chi connectivity index (χ4v) is 2.54. The summed E-state index contributed by atoms with van der Waals surface area (Å²) in [6, 6.07) is 7.97. The van der Waals surface area contributed by atoms with Gasteiger partial charge in [-0.15, -0.1) is 0 Å². The third-order valence-corrected chi connectivity index (χ3v) is 3.91. The van der Waals surface area contributed by atoms with E-state index in [0.29, 0.717) is 17.7 Å². The first-order valence-electron chi connectivity index (χ1n) is 6.43. The molecular weight excluding hydrogens is 212 g/mol. The van der Waals surface area contributed by atoms with Gasteiger partial charge in [-0.1, -0.05) is 12.1 Å². The minimum absolute atomic E-state index is 0.336. The summed E-state index contributed by atoms with van der Waals surface area (Å²) in [5, 5.41) is 9.29. The second-order valence-electron chi connectivity index (χ2n) is 4.98. The molecular formula is C14H22N2O. The number of piperidine rings is 1. The van der Waals surface area contributed by atoms with Gasteiger partial charge >= 0.3 is 0 Å². The van der Waals surface area contributed by atoms with E-state index < -0.39 is 0 Å². The molecule has 1 atom stereocenters. The Balaban J connectivity index is 1.96. The van der Waals surface area contributed by atoms with Crippen LogP contribution in [-0.2, 0) is 0 Å². The van der Waals surface area contributed by atoms with Gasteiger partial charge in [0.05, 0.1) is 0 Å². The normalized spacial score (nSPS) is 20.4. The summed E-state index contributed by atoms with van der Waals surface area (Å²) in [5.74, 6) is 1.04. The van der Waals surface area contributed by atoms with Crippen molar-refractivity contribution in [2.75, 3.05) is 19.6 Å². The highest BCUT2D eigenvalue weighted by Crippen LogP contribution is 2.26. The standard InChI is InChI=1S/C14H22N2O/c1-11(13-2-4-14(17)5-3-13)16-8-6-12(10-15)7-9-16/h2-5,11-12,17H,6-10,15H2,1H3. The highest BCUT2D eigenvalue weighted by Gasteiger charge is 2.22. The first-order valence-corrected chi connectivity index (χ1v) is 6.43. The first kappa shape index (κ1) is 12.4. The van der Waals surface area contributed by atoms with Gasteiger partial charge in [-0.3, -0.25) is 4.90 Å². The quantitative estimate of drug-likeness (QED) is 0.842. The summed E-state index contributed by atoms with van der Waals surface area (Å²) in [6.07, 6.45) is 2.41. The average molecular weight is 234 g/mol. The van der Waals surface area contributed by atoms with Crippen molar-refractivity contribution in [1.82, 2.24) is 4.90 Å². The van der Waals surface area contributed by atoms with Crippen LogP contribution in [0.5, 0.6) is 5.75 Å². The van der Waals surface area contributed by atoms with Crippen molar-refractivity contribution >= 4 is 0 Å². The second kappa shape index (κ2) is 5.52. The molecule has 0 aromatic heterocycles. The van der Waals surface area contributed by atoms with Gasteiger partial charge in [0.15, 0.2) is 0 Å². The number of benzene rings is 1. The van der Waals surface area contributed by atoms with E-state index in [1.807, 2.05) is 12.1 Å². The van der Waals surface area contributed by atoms with Crippen LogP contribution in [0.3, 0.4) is 0 Å². The lowest BCUT2D eigenvalue weighted by atomic mass is 9.95. The summed E-state index contributed by atoms with van der Waals surface area (Å²) >= 11 is 0. The van der Waals surface area contributed by atoms with E-state index in [1.54, 1.807) is 12.1 Å². The molecule has 0 spiro atoms. The van der Waals surface area contributed by atoms with Gasteiger partial charge in [-0.05, 0) is 63.0 Å². The molecule has 1 fully saturated rings. The van der Waals surface area contributed by atoms with E-state index >= 15 is 0 Å². The van der Waals surface area contributed by atoms with Crippen molar-refractivity contribution in [2.45, 2.75) is 25.8 Å². The SMILES string of the molecule is CC(c1ccc(O)cc1)N1CCC(CN)CC1. The molecule has 1 unspecified atom stereocenters. The molecule has 3 nitrogen and oxygen atoms in total. The maximum absolute atomic E-state index is 9.29. The lowest BCUT2D eigenvalue weighted by molar-refractivity contribution is 0.143. The number of phenols is 1. The Morgan fingerprint density at radius 1 is 1.29 bits per heavy atom. The molecule has 1 aromatic carbocycles. The average Bonchev–Trinajstić information content (AvgIpc) is 2.39. The highest BCUT2D eigenvalue weighted by molar-refractivity contribution is 5.27. The third kappa shape index (κ3) is 2.99. The maximum atomic E-state index is 9.29. The van der Waals surface area contributed by atoms with Gasteiger partial charge in [0.2, 0.25) is 0 Å². The van der Waals surface area contributed by atoms with Crippen LogP contribution >= 0.6 is 0 Å². The molecule has 0 aliphatic carbocycles. The van der Waals surface area contributed by atoms with Gasteiger partial charge in [-0.25, -0.2) is 0 Å². The Morgan fingerprint density at radius 2 is 1.88 bits per heavy atom. The van der Waals surface area contributed by atoms with Gasteiger partial charge < -0.3 is 10.8 Å². The van der Waals surface area contributed by atoms with Crippen LogP contribution in [0.15, 0.2) is 24.3 Å². The minimum Gasteiger partial charge on any atom is -0.508 e. The summed E-state index contributed by atoms with van der Waals surface area (Å²) in [4.78, 5) is 2.50. The summed E-state index contributed by atoms with van der Waals surface area (Å²) in [6.45, 7) is 5.31. The van der Waals surface area contributed by atoms with E-state index in [4.69, 9.17) is 5.73 Å². The van der Waals surface area contributed by atoms with Crippen LogP contribution in [0, 0.1) is 5.92 Å². The number of nitrogens with zero attached hydrogens (tertiary/aromatic N) is 1. The van der Waals surface area contributed by atoms with E-state index in [9.17, 15) is 5.11 Å². The fraction of sp³-hybridized carbons (Fsp3) is 0.571. The van der Waals surface area contributed by atoms with Crippen LogP contribution < -0.4 is 5.73 Å². The Hall–Kier alpha value is -1.06. The number of likely N-dealkylation sites (tertiary alicyclic amines) is 1. The van der Waals surface area contributed by atoms with E-state index in [0.717, 1.165) is 19.6 Å². The van der Waals surface area contributed by atoms with Crippen molar-refractivity contribution in [2.24, 2.45) is 11.7 Å². The van der Waals surface area contributed by atoms with Crippen molar-refractivity contribution < 1.29 is 5.11 Å². The lowest BCUT2D eigenvalue weighted by Crippen LogP contribution is -2.37. The predicted molar refractivity (Wildman–Crippen MR) is 69.9 cm³/mol. The molecule has 17 heavy (non-hydrogen) atoms. The molecule has 1 aromatic rings. The molecule has 0 bridgehead atoms. The second-order valence-corrected chi connectivity index (χ2v) is 4.98. The zero-order valence-corrected chi connectivity index (χ0v) is 10.5. The zero-order valence-electron chi connectivity index (χ0n) is 10.5. The maximum Gasteiger partial charge on any atom is 0.115 e. The first-order chi connectivity index (χ1) is 8.20. The molecule has 1 saturated heterocycles. The molecule has 3 N–H and O–H groups in total. The van der Waals surface area contributed by atoms with Gasteiger partial charge in [-0.2, -0.15) is 0 Å². The van der Waals surface area contributed by atoms with Crippen LogP contribution in [0.1, 0.15) is 31.4 Å². The van der Waals surface area contributed by atoms with Crippen LogP contribution in [0.2, 0.25) is 0 Å². The lowest BCUT2D eigenvalue weighted by Gasteiger charge is -2.35. The summed E-state index contributed by atoms with van der Waals surface area (Å²) in [7, 11) is 0. The number of nitrogens with two attached hydrogens (primary N) is 1. The molecule has 1 heterocycles. The molecule has 0 radical (unpaired) electrons. The zero-order chi connectivity index (χ0) is 12.3. The van der Waals surface area contributed by atoms with E-state index in [-0.39, 0.29) is 0 Å². The van der Waals surface area contributed by atoms with Crippen molar-refractivity contribution in [3.05, 3.63) is 29.8 Å². The fourth-order valence-electron chi connectivity index (χ4n) is 2.54. The van der Waals surface area contributed by atoms with E-state index in [1.165, 1.54) is 18.4 Å². The van der Waals surface area contributed by atoms with Gasteiger partial charge in [0, 0.05) is 6.04 Å². The van der Waals surface area contributed by atoms with Crippen molar-refractivity contribution in [1.29, 1.82) is 0 Å². The Kier molecular flexibility index (Phi) is 4.02. The summed E-state index contributed by atoms with van der Waals surface area (Å²) in [5.41, 5.74) is 6.98. The molecule has 1 aliphatic rings. The Morgan fingerprint density at radius 3 is 2.41 bits per heavy atom. The Labute approximate surface area is 103 Å². The van der Waals surface area contributed by atoms with Crippen LogP contribution in [0.25, 0.3) is 0 Å². The third-order valence-electron chi connectivity index (χ3n) is 3.91. The number of phenolic OH excluding ortho intramolecular Hbond substituents is 1. The minimum atomic E-state index is 0.336. The monoisotopic (exact) mass is 234 g/mol. The van der Waals surface area contributed by atoms with Crippen LogP contribution in [-0.4, -0.2) is 29.6 Å². The van der Waals surface area contributed by atoms with Crippen LogP contribution in [0.4, 0.5) is 0 Å². The Bertz CT molecular complexity index is 342. The predicted octanol–water partition coefficient (Wildman–Crippen LogP) is 2.12. The molecule has 3 heteroatoms. The topological polar surface area (TPSA) is 49.5 Å². The van der Waals surface area contributed by atoms with Gasteiger partial charge in [0.25, 0.3) is 0 Å². The smallest absolute Gasteiger partial charge is 0.115 e. The molecule has 0 saturated carbocycles. The molecule has 94 valence electrons. The number of rotatable bonds is 3. The number of aromatic hydroxyl groups is 1.